The lowest BCUT2D eigenvalue weighted by atomic mass is 10.1. The van der Waals surface area contributed by atoms with Crippen molar-refractivity contribution < 1.29 is 9.32 Å². The molecule has 3 rings (SSSR count). The highest BCUT2D eigenvalue weighted by atomic mass is 16.5. The van der Waals surface area contributed by atoms with Gasteiger partial charge in [0.25, 0.3) is 0 Å². The molecule has 3 aromatic heterocycles. The molecule has 0 aliphatic rings. The number of hydrogen-bond donors (Lipinski definition) is 1. The second-order valence-corrected chi connectivity index (χ2v) is 5.95. The standard InChI is InChI=1S/C18H21N5O2/c1-12-16(13(2)25-22-12)4-5-18(24)21-11-15-6-7-20-17(10-15)23-9-8-19-14(23)3/h6-10H,4-5,11H2,1-3H3,(H,21,24). The van der Waals surface area contributed by atoms with E-state index in [9.17, 15) is 4.79 Å². The van der Waals surface area contributed by atoms with Crippen LogP contribution in [0.15, 0.2) is 35.2 Å². The number of rotatable bonds is 6. The van der Waals surface area contributed by atoms with Gasteiger partial charge in [0.15, 0.2) is 0 Å². The smallest absolute Gasteiger partial charge is 0.220 e. The predicted octanol–water partition coefficient (Wildman–Crippen LogP) is 2.43. The molecule has 0 atom stereocenters. The van der Waals surface area contributed by atoms with Crippen LogP contribution in [0, 0.1) is 20.8 Å². The van der Waals surface area contributed by atoms with Crippen LogP contribution in [0.3, 0.4) is 0 Å². The third kappa shape index (κ3) is 3.93. The fourth-order valence-corrected chi connectivity index (χ4v) is 2.71. The maximum Gasteiger partial charge on any atom is 0.220 e. The van der Waals surface area contributed by atoms with Crippen LogP contribution in [0.4, 0.5) is 0 Å². The lowest BCUT2D eigenvalue weighted by Crippen LogP contribution is -2.23. The predicted molar refractivity (Wildman–Crippen MR) is 92.2 cm³/mol. The van der Waals surface area contributed by atoms with Gasteiger partial charge >= 0.3 is 0 Å². The summed E-state index contributed by atoms with van der Waals surface area (Å²) >= 11 is 0. The Morgan fingerprint density at radius 2 is 2.08 bits per heavy atom. The zero-order valence-electron chi connectivity index (χ0n) is 14.6. The number of nitrogens with zero attached hydrogens (tertiary/aromatic N) is 4. The quantitative estimate of drug-likeness (QED) is 0.745. The number of hydrogen-bond acceptors (Lipinski definition) is 5. The summed E-state index contributed by atoms with van der Waals surface area (Å²) in [5, 5.41) is 6.85. The molecular weight excluding hydrogens is 318 g/mol. The molecule has 1 N–H and O–H groups in total. The van der Waals surface area contributed by atoms with E-state index < -0.39 is 0 Å². The zero-order chi connectivity index (χ0) is 17.8. The van der Waals surface area contributed by atoms with E-state index in [0.29, 0.717) is 19.4 Å². The molecule has 0 fully saturated rings. The zero-order valence-corrected chi connectivity index (χ0v) is 14.6. The summed E-state index contributed by atoms with van der Waals surface area (Å²) in [7, 11) is 0. The van der Waals surface area contributed by atoms with Gasteiger partial charge in [0.05, 0.1) is 5.69 Å². The number of amides is 1. The summed E-state index contributed by atoms with van der Waals surface area (Å²) < 4.78 is 7.02. The molecule has 7 heteroatoms. The van der Waals surface area contributed by atoms with Crippen LogP contribution in [0.5, 0.6) is 0 Å². The number of aryl methyl sites for hydroxylation is 3. The molecule has 130 valence electrons. The molecule has 0 bridgehead atoms. The van der Waals surface area contributed by atoms with E-state index >= 15 is 0 Å². The van der Waals surface area contributed by atoms with Crippen molar-refractivity contribution in [3.8, 4) is 5.82 Å². The van der Waals surface area contributed by atoms with Crippen LogP contribution < -0.4 is 5.32 Å². The minimum atomic E-state index is -0.00262. The fraction of sp³-hybridized carbons (Fsp3) is 0.333. The third-order valence-electron chi connectivity index (χ3n) is 4.16. The first-order valence-electron chi connectivity index (χ1n) is 8.18. The van der Waals surface area contributed by atoms with E-state index in [4.69, 9.17) is 4.52 Å². The Morgan fingerprint density at radius 3 is 2.76 bits per heavy atom. The van der Waals surface area contributed by atoms with Gasteiger partial charge in [0.2, 0.25) is 5.91 Å². The number of nitrogens with one attached hydrogen (secondary N) is 1. The normalized spacial score (nSPS) is 10.8. The molecular formula is C18H21N5O2. The second-order valence-electron chi connectivity index (χ2n) is 5.95. The molecule has 0 saturated carbocycles. The third-order valence-corrected chi connectivity index (χ3v) is 4.16. The Kier molecular flexibility index (Phi) is 4.92. The topological polar surface area (TPSA) is 85.8 Å². The summed E-state index contributed by atoms with van der Waals surface area (Å²) in [6.07, 6.45) is 6.37. The van der Waals surface area contributed by atoms with Gasteiger partial charge in [0, 0.05) is 37.1 Å². The minimum Gasteiger partial charge on any atom is -0.361 e. The van der Waals surface area contributed by atoms with Crippen molar-refractivity contribution in [3.05, 3.63) is 59.1 Å². The van der Waals surface area contributed by atoms with Gasteiger partial charge in [-0.05, 0) is 44.9 Å². The van der Waals surface area contributed by atoms with Crippen LogP contribution in [-0.4, -0.2) is 25.6 Å². The van der Waals surface area contributed by atoms with Crippen molar-refractivity contribution in [2.45, 2.75) is 40.2 Å². The van der Waals surface area contributed by atoms with Crippen LogP contribution >= 0.6 is 0 Å². The van der Waals surface area contributed by atoms with Gasteiger partial charge < -0.3 is 9.84 Å². The van der Waals surface area contributed by atoms with Gasteiger partial charge in [0.1, 0.15) is 17.4 Å². The monoisotopic (exact) mass is 339 g/mol. The summed E-state index contributed by atoms with van der Waals surface area (Å²) in [5.41, 5.74) is 2.85. The Morgan fingerprint density at radius 1 is 1.24 bits per heavy atom. The fourth-order valence-electron chi connectivity index (χ4n) is 2.71. The van der Waals surface area contributed by atoms with Crippen LogP contribution in [0.25, 0.3) is 5.82 Å². The van der Waals surface area contributed by atoms with Crippen molar-refractivity contribution in [2.75, 3.05) is 0 Å². The molecule has 25 heavy (non-hydrogen) atoms. The lowest BCUT2D eigenvalue weighted by molar-refractivity contribution is -0.121. The molecule has 0 saturated heterocycles. The van der Waals surface area contributed by atoms with Crippen molar-refractivity contribution in [2.24, 2.45) is 0 Å². The highest BCUT2D eigenvalue weighted by molar-refractivity contribution is 5.76. The number of carbonyl (C=O) groups is 1. The summed E-state index contributed by atoms with van der Waals surface area (Å²) in [6, 6.07) is 3.84. The van der Waals surface area contributed by atoms with E-state index in [-0.39, 0.29) is 5.91 Å². The molecule has 3 heterocycles. The largest absolute Gasteiger partial charge is 0.361 e. The Labute approximate surface area is 146 Å². The van der Waals surface area contributed by atoms with E-state index in [2.05, 4.69) is 20.4 Å². The summed E-state index contributed by atoms with van der Waals surface area (Å²) in [5.74, 6) is 2.43. The first-order valence-corrected chi connectivity index (χ1v) is 8.18. The molecule has 0 radical (unpaired) electrons. The van der Waals surface area contributed by atoms with Crippen molar-refractivity contribution in [1.82, 2.24) is 25.0 Å². The maximum atomic E-state index is 12.1. The first kappa shape index (κ1) is 16.9. The number of aromatic nitrogens is 4. The Hall–Kier alpha value is -2.96. The second kappa shape index (κ2) is 7.29. The molecule has 0 aromatic carbocycles. The van der Waals surface area contributed by atoms with Gasteiger partial charge in [-0.25, -0.2) is 9.97 Å². The van der Waals surface area contributed by atoms with Gasteiger partial charge in [-0.15, -0.1) is 0 Å². The van der Waals surface area contributed by atoms with Crippen LogP contribution in [0.2, 0.25) is 0 Å². The SMILES string of the molecule is Cc1noc(C)c1CCC(=O)NCc1ccnc(-n2ccnc2C)c1. The highest BCUT2D eigenvalue weighted by Crippen LogP contribution is 2.14. The minimum absolute atomic E-state index is 0.00262. The number of carbonyl (C=O) groups excluding carboxylic acids is 1. The van der Waals surface area contributed by atoms with E-state index in [0.717, 1.165) is 34.2 Å². The average molecular weight is 339 g/mol. The molecule has 0 unspecified atom stereocenters. The summed E-state index contributed by atoms with van der Waals surface area (Å²) in [4.78, 5) is 20.7. The van der Waals surface area contributed by atoms with E-state index in [1.165, 1.54) is 0 Å². The Balaban J connectivity index is 1.57. The maximum absolute atomic E-state index is 12.1. The van der Waals surface area contributed by atoms with Crippen molar-refractivity contribution >= 4 is 5.91 Å². The highest BCUT2D eigenvalue weighted by Gasteiger charge is 2.11. The molecule has 3 aromatic rings. The molecule has 7 nitrogen and oxygen atoms in total. The van der Waals surface area contributed by atoms with Crippen molar-refractivity contribution in [3.63, 3.8) is 0 Å². The van der Waals surface area contributed by atoms with E-state index in [1.54, 1.807) is 12.4 Å². The van der Waals surface area contributed by atoms with Gasteiger partial charge in [-0.3, -0.25) is 9.36 Å². The van der Waals surface area contributed by atoms with Gasteiger partial charge in [-0.1, -0.05) is 5.16 Å². The molecule has 1 amide bonds. The van der Waals surface area contributed by atoms with E-state index in [1.807, 2.05) is 43.7 Å². The average Bonchev–Trinajstić information content (AvgIpc) is 3.17. The first-order chi connectivity index (χ1) is 12.0. The lowest BCUT2D eigenvalue weighted by Gasteiger charge is -2.08. The molecule has 0 aliphatic heterocycles. The van der Waals surface area contributed by atoms with Crippen LogP contribution in [-0.2, 0) is 17.8 Å². The van der Waals surface area contributed by atoms with Crippen LogP contribution in [0.1, 0.15) is 34.8 Å². The van der Waals surface area contributed by atoms with Crippen molar-refractivity contribution in [1.29, 1.82) is 0 Å². The summed E-state index contributed by atoms with van der Waals surface area (Å²) in [6.45, 7) is 6.14. The Bertz CT molecular complexity index is 862. The molecule has 0 spiro atoms. The number of pyridine rings is 1. The number of imidazole rings is 1. The van der Waals surface area contributed by atoms with Gasteiger partial charge in [-0.2, -0.15) is 0 Å². The molecule has 0 aliphatic carbocycles.